The second kappa shape index (κ2) is 10.5. The van der Waals surface area contributed by atoms with Gasteiger partial charge >= 0.3 is 12.2 Å². The van der Waals surface area contributed by atoms with E-state index in [9.17, 15) is 18.0 Å². The van der Waals surface area contributed by atoms with E-state index in [4.69, 9.17) is 18.9 Å². The van der Waals surface area contributed by atoms with E-state index in [1.165, 1.54) is 39.8 Å². The number of aromatic nitrogens is 2. The number of carbonyl (C=O) groups excluding carboxylic acids is 1. The standard InChI is InChI=1S/C25H21F3N4O5/c1-34-18-8-14(25(26,27)28)7-16(10-18)32-24(33)31-15-5-4-6-17(9-15)37-23-19-11-21(35-2)22(36-3)12-20(19)29-13-30-23/h4-13H,1-3H3,(H2,31,32,33). The lowest BCUT2D eigenvalue weighted by Gasteiger charge is -2.14. The minimum absolute atomic E-state index is 0.0492. The van der Waals surface area contributed by atoms with Gasteiger partial charge in [0.05, 0.1) is 37.8 Å². The number of rotatable bonds is 7. The highest BCUT2D eigenvalue weighted by atomic mass is 19.4. The van der Waals surface area contributed by atoms with E-state index in [2.05, 4.69) is 20.6 Å². The maximum atomic E-state index is 13.1. The molecule has 4 aromatic rings. The Bertz CT molecular complexity index is 1450. The quantitative estimate of drug-likeness (QED) is 0.307. The Labute approximate surface area is 209 Å². The smallest absolute Gasteiger partial charge is 0.416 e. The zero-order chi connectivity index (χ0) is 26.6. The molecule has 37 heavy (non-hydrogen) atoms. The van der Waals surface area contributed by atoms with Crippen LogP contribution in [0.25, 0.3) is 10.9 Å². The number of hydrogen-bond donors (Lipinski definition) is 2. The normalized spacial score (nSPS) is 11.1. The number of carbonyl (C=O) groups is 1. The predicted octanol–water partition coefficient (Wildman–Crippen LogP) is 6.11. The molecule has 9 nitrogen and oxygen atoms in total. The third kappa shape index (κ3) is 5.92. The zero-order valence-corrected chi connectivity index (χ0v) is 19.8. The van der Waals surface area contributed by atoms with Gasteiger partial charge in [-0.25, -0.2) is 14.8 Å². The van der Waals surface area contributed by atoms with Crippen molar-refractivity contribution in [2.24, 2.45) is 0 Å². The maximum Gasteiger partial charge on any atom is 0.416 e. The van der Waals surface area contributed by atoms with Crippen LogP contribution < -0.4 is 29.6 Å². The average Bonchev–Trinajstić information content (AvgIpc) is 2.87. The van der Waals surface area contributed by atoms with Gasteiger partial charge in [0.15, 0.2) is 11.5 Å². The number of anilines is 2. The van der Waals surface area contributed by atoms with E-state index in [-0.39, 0.29) is 17.3 Å². The van der Waals surface area contributed by atoms with Crippen molar-refractivity contribution in [3.8, 4) is 28.9 Å². The van der Waals surface area contributed by atoms with Crippen LogP contribution in [0, 0.1) is 0 Å². The van der Waals surface area contributed by atoms with Crippen molar-refractivity contribution in [3.05, 3.63) is 66.5 Å². The number of alkyl halides is 3. The number of fused-ring (bicyclic) bond motifs is 1. The lowest BCUT2D eigenvalue weighted by molar-refractivity contribution is -0.137. The molecule has 0 fully saturated rings. The molecule has 12 heteroatoms. The molecule has 0 aliphatic carbocycles. The third-order valence-corrected chi connectivity index (χ3v) is 5.14. The molecule has 1 aromatic heterocycles. The highest BCUT2D eigenvalue weighted by Gasteiger charge is 2.31. The Morgan fingerprint density at radius 1 is 0.811 bits per heavy atom. The van der Waals surface area contributed by atoms with Gasteiger partial charge in [-0.3, -0.25) is 0 Å². The summed E-state index contributed by atoms with van der Waals surface area (Å²) in [5.41, 5.74) is -0.156. The summed E-state index contributed by atoms with van der Waals surface area (Å²) in [6.07, 6.45) is -3.27. The van der Waals surface area contributed by atoms with Crippen molar-refractivity contribution in [1.29, 1.82) is 0 Å². The highest BCUT2D eigenvalue weighted by Crippen LogP contribution is 2.36. The van der Waals surface area contributed by atoms with E-state index in [1.807, 2.05) is 0 Å². The molecule has 0 radical (unpaired) electrons. The number of halogens is 3. The van der Waals surface area contributed by atoms with E-state index >= 15 is 0 Å². The van der Waals surface area contributed by atoms with E-state index in [1.54, 1.807) is 30.3 Å². The molecule has 0 spiro atoms. The fourth-order valence-electron chi connectivity index (χ4n) is 3.44. The largest absolute Gasteiger partial charge is 0.497 e. The van der Waals surface area contributed by atoms with Crippen LogP contribution in [0.2, 0.25) is 0 Å². The monoisotopic (exact) mass is 514 g/mol. The molecule has 0 saturated carbocycles. The molecular formula is C25H21F3N4O5. The van der Waals surface area contributed by atoms with Crippen LogP contribution in [0.5, 0.6) is 28.9 Å². The molecule has 2 N–H and O–H groups in total. The Morgan fingerprint density at radius 3 is 2.22 bits per heavy atom. The predicted molar refractivity (Wildman–Crippen MR) is 130 cm³/mol. The Morgan fingerprint density at radius 2 is 1.51 bits per heavy atom. The van der Waals surface area contributed by atoms with Crippen LogP contribution >= 0.6 is 0 Å². The summed E-state index contributed by atoms with van der Waals surface area (Å²) in [7, 11) is 4.25. The SMILES string of the molecule is COc1cc(NC(=O)Nc2cccc(Oc3ncnc4cc(OC)c(OC)cc34)c2)cc(C(F)(F)F)c1. The van der Waals surface area contributed by atoms with Gasteiger partial charge in [-0.2, -0.15) is 13.2 Å². The van der Waals surface area contributed by atoms with Crippen molar-refractivity contribution < 1.29 is 36.9 Å². The van der Waals surface area contributed by atoms with E-state index in [0.29, 0.717) is 33.8 Å². The minimum atomic E-state index is -4.60. The first-order valence-corrected chi connectivity index (χ1v) is 10.7. The molecule has 3 aromatic carbocycles. The van der Waals surface area contributed by atoms with Gasteiger partial charge in [0.1, 0.15) is 17.8 Å². The van der Waals surface area contributed by atoms with Crippen molar-refractivity contribution >= 4 is 28.3 Å². The summed E-state index contributed by atoms with van der Waals surface area (Å²) in [6, 6.07) is 11.9. The summed E-state index contributed by atoms with van der Waals surface area (Å²) < 4.78 is 60.9. The zero-order valence-electron chi connectivity index (χ0n) is 19.8. The van der Waals surface area contributed by atoms with Crippen molar-refractivity contribution in [1.82, 2.24) is 9.97 Å². The summed E-state index contributed by atoms with van der Waals surface area (Å²) >= 11 is 0. The van der Waals surface area contributed by atoms with Crippen molar-refractivity contribution in [2.75, 3.05) is 32.0 Å². The molecule has 1 heterocycles. The first-order chi connectivity index (χ1) is 17.7. The molecule has 2 amide bonds. The fraction of sp³-hybridized carbons (Fsp3) is 0.160. The van der Waals surface area contributed by atoms with Gasteiger partial charge in [-0.1, -0.05) is 6.07 Å². The first kappa shape index (κ1) is 25.4. The van der Waals surface area contributed by atoms with E-state index in [0.717, 1.165) is 12.1 Å². The summed E-state index contributed by atoms with van der Waals surface area (Å²) in [5.74, 6) is 1.49. The lowest BCUT2D eigenvalue weighted by Crippen LogP contribution is -2.20. The molecule has 0 atom stereocenters. The second-order valence-corrected chi connectivity index (χ2v) is 7.56. The van der Waals surface area contributed by atoms with Crippen molar-refractivity contribution in [3.63, 3.8) is 0 Å². The van der Waals surface area contributed by atoms with E-state index < -0.39 is 17.8 Å². The van der Waals surface area contributed by atoms with Crippen LogP contribution in [-0.2, 0) is 6.18 Å². The highest BCUT2D eigenvalue weighted by molar-refractivity contribution is 6.00. The van der Waals surface area contributed by atoms with Crippen molar-refractivity contribution in [2.45, 2.75) is 6.18 Å². The molecule has 192 valence electrons. The van der Waals surface area contributed by atoms with Crippen LogP contribution in [-0.4, -0.2) is 37.3 Å². The number of benzene rings is 3. The Hall–Kier alpha value is -4.74. The Balaban J connectivity index is 1.53. The average molecular weight is 514 g/mol. The number of methoxy groups -OCH3 is 3. The van der Waals surface area contributed by atoms with Gasteiger partial charge in [0, 0.05) is 29.6 Å². The van der Waals surface area contributed by atoms with Gasteiger partial charge < -0.3 is 29.6 Å². The number of ether oxygens (including phenoxy) is 4. The van der Waals surface area contributed by atoms with Gasteiger partial charge in [-0.05, 0) is 30.3 Å². The number of hydrogen-bond acceptors (Lipinski definition) is 7. The fourth-order valence-corrected chi connectivity index (χ4v) is 3.44. The van der Waals surface area contributed by atoms with Gasteiger partial charge in [-0.15, -0.1) is 0 Å². The molecule has 4 rings (SSSR count). The maximum absolute atomic E-state index is 13.1. The summed E-state index contributed by atoms with van der Waals surface area (Å²) in [6.45, 7) is 0. The second-order valence-electron chi connectivity index (χ2n) is 7.56. The molecular weight excluding hydrogens is 493 g/mol. The van der Waals surface area contributed by atoms with Gasteiger partial charge in [0.2, 0.25) is 5.88 Å². The molecule has 0 aliphatic heterocycles. The number of amides is 2. The van der Waals surface area contributed by atoms with Crippen LogP contribution in [0.4, 0.5) is 29.3 Å². The summed E-state index contributed by atoms with van der Waals surface area (Å²) in [5, 5.41) is 5.50. The van der Waals surface area contributed by atoms with Crippen LogP contribution in [0.15, 0.2) is 60.9 Å². The van der Waals surface area contributed by atoms with Crippen LogP contribution in [0.3, 0.4) is 0 Å². The Kier molecular flexibility index (Phi) is 7.18. The summed E-state index contributed by atoms with van der Waals surface area (Å²) in [4.78, 5) is 20.9. The van der Waals surface area contributed by atoms with Gasteiger partial charge in [0.25, 0.3) is 0 Å². The van der Waals surface area contributed by atoms with Crippen LogP contribution in [0.1, 0.15) is 5.56 Å². The number of nitrogens with zero attached hydrogens (tertiary/aromatic N) is 2. The molecule has 0 saturated heterocycles. The number of urea groups is 1. The topological polar surface area (TPSA) is 104 Å². The number of nitrogens with one attached hydrogen (secondary N) is 2. The first-order valence-electron chi connectivity index (χ1n) is 10.7. The molecule has 0 aliphatic rings. The lowest BCUT2D eigenvalue weighted by atomic mass is 10.2. The molecule has 0 bridgehead atoms. The molecule has 0 unspecified atom stereocenters. The third-order valence-electron chi connectivity index (χ3n) is 5.14. The minimum Gasteiger partial charge on any atom is -0.497 e.